The molecule has 1 aromatic carbocycles. The van der Waals surface area contributed by atoms with Gasteiger partial charge in [-0.1, -0.05) is 31.2 Å². The highest BCUT2D eigenvalue weighted by molar-refractivity contribution is 5.85. The molecule has 1 nitrogen and oxygen atoms in total. The smallest absolute Gasteiger partial charge is 0.0268 e. The largest absolute Gasteiger partial charge is 0.324 e. The van der Waals surface area contributed by atoms with Crippen LogP contribution in [0.4, 0.5) is 0 Å². The van der Waals surface area contributed by atoms with Crippen molar-refractivity contribution in [1.82, 2.24) is 0 Å². The first kappa shape index (κ1) is 11.5. The van der Waals surface area contributed by atoms with Crippen LogP contribution < -0.4 is 5.73 Å². The summed E-state index contributed by atoms with van der Waals surface area (Å²) in [5.74, 6) is 0. The van der Waals surface area contributed by atoms with Crippen molar-refractivity contribution in [2.24, 2.45) is 5.73 Å². The van der Waals surface area contributed by atoms with Gasteiger partial charge in [-0.15, -0.1) is 12.4 Å². The van der Waals surface area contributed by atoms with Crippen molar-refractivity contribution < 1.29 is 0 Å². The Kier molecular flexibility index (Phi) is 4.95. The monoisotopic (exact) mass is 185 g/mol. The minimum absolute atomic E-state index is 0. The van der Waals surface area contributed by atoms with Crippen LogP contribution in [0.1, 0.15) is 31.0 Å². The summed E-state index contributed by atoms with van der Waals surface area (Å²) in [4.78, 5) is 0. The molecule has 0 saturated carbocycles. The first-order chi connectivity index (χ1) is 5.25. The van der Waals surface area contributed by atoms with Gasteiger partial charge in [-0.05, 0) is 24.5 Å². The predicted molar refractivity (Wildman–Crippen MR) is 55.7 cm³/mol. The van der Waals surface area contributed by atoms with Gasteiger partial charge in [0.25, 0.3) is 0 Å². The third kappa shape index (κ3) is 2.50. The molecule has 0 unspecified atom stereocenters. The van der Waals surface area contributed by atoms with Gasteiger partial charge in [0, 0.05) is 6.04 Å². The summed E-state index contributed by atoms with van der Waals surface area (Å²) in [6.45, 7) is 4.18. The van der Waals surface area contributed by atoms with E-state index in [4.69, 9.17) is 5.73 Å². The Morgan fingerprint density at radius 1 is 1.33 bits per heavy atom. The molecular weight excluding hydrogens is 170 g/mol. The Hall–Kier alpha value is -0.530. The fourth-order valence-corrected chi connectivity index (χ4v) is 1.30. The first-order valence-corrected chi connectivity index (χ1v) is 4.09. The van der Waals surface area contributed by atoms with Gasteiger partial charge in [0.15, 0.2) is 0 Å². The van der Waals surface area contributed by atoms with Crippen molar-refractivity contribution in [3.05, 3.63) is 35.4 Å². The van der Waals surface area contributed by atoms with Gasteiger partial charge in [0.2, 0.25) is 0 Å². The van der Waals surface area contributed by atoms with E-state index in [1.807, 2.05) is 13.0 Å². The van der Waals surface area contributed by atoms with Gasteiger partial charge in [-0.2, -0.15) is 0 Å². The van der Waals surface area contributed by atoms with E-state index in [0.717, 1.165) is 6.42 Å². The van der Waals surface area contributed by atoms with Crippen molar-refractivity contribution in [2.45, 2.75) is 26.3 Å². The molecule has 1 rings (SSSR count). The van der Waals surface area contributed by atoms with Gasteiger partial charge in [-0.3, -0.25) is 0 Å². The van der Waals surface area contributed by atoms with Gasteiger partial charge in [0.05, 0.1) is 0 Å². The first-order valence-electron chi connectivity index (χ1n) is 4.09. The maximum atomic E-state index is 5.79. The number of nitrogens with two attached hydrogens (primary N) is 1. The highest BCUT2D eigenvalue weighted by Gasteiger charge is 2.02. The number of benzene rings is 1. The average Bonchev–Trinajstić information content (AvgIpc) is 2.04. The van der Waals surface area contributed by atoms with Crippen molar-refractivity contribution in [3.63, 3.8) is 0 Å². The summed E-state index contributed by atoms with van der Waals surface area (Å²) < 4.78 is 0. The molecule has 0 spiro atoms. The van der Waals surface area contributed by atoms with E-state index in [9.17, 15) is 0 Å². The zero-order valence-electron chi connectivity index (χ0n) is 7.58. The topological polar surface area (TPSA) is 26.0 Å². The summed E-state index contributed by atoms with van der Waals surface area (Å²) >= 11 is 0. The average molecular weight is 186 g/mol. The lowest BCUT2D eigenvalue weighted by Gasteiger charge is -2.09. The van der Waals surface area contributed by atoms with E-state index < -0.39 is 0 Å². The zero-order chi connectivity index (χ0) is 8.27. The van der Waals surface area contributed by atoms with Crippen LogP contribution in [-0.4, -0.2) is 0 Å². The maximum Gasteiger partial charge on any atom is 0.0268 e. The summed E-state index contributed by atoms with van der Waals surface area (Å²) in [6, 6.07) is 8.50. The van der Waals surface area contributed by atoms with E-state index in [1.54, 1.807) is 0 Å². The zero-order valence-corrected chi connectivity index (χ0v) is 8.40. The molecular formula is C10H16ClN. The Morgan fingerprint density at radius 3 is 2.33 bits per heavy atom. The maximum absolute atomic E-state index is 5.79. The fourth-order valence-electron chi connectivity index (χ4n) is 1.30. The minimum Gasteiger partial charge on any atom is -0.324 e. The van der Waals surface area contributed by atoms with Crippen molar-refractivity contribution in [1.29, 1.82) is 0 Å². The minimum atomic E-state index is 0. The van der Waals surface area contributed by atoms with Crippen LogP contribution >= 0.6 is 12.4 Å². The number of aryl methyl sites for hydroxylation is 1. The third-order valence-electron chi connectivity index (χ3n) is 1.93. The number of hydrogen-bond donors (Lipinski definition) is 1. The van der Waals surface area contributed by atoms with E-state index >= 15 is 0 Å². The Bertz CT molecular complexity index is 233. The summed E-state index contributed by atoms with van der Waals surface area (Å²) in [7, 11) is 0. The molecule has 0 aliphatic heterocycles. The molecule has 0 aliphatic rings. The van der Waals surface area contributed by atoms with E-state index in [-0.39, 0.29) is 18.4 Å². The summed E-state index contributed by atoms with van der Waals surface area (Å²) in [5, 5.41) is 0. The molecule has 68 valence electrons. The summed E-state index contributed by atoms with van der Waals surface area (Å²) in [5.41, 5.74) is 8.43. The van der Waals surface area contributed by atoms with Gasteiger partial charge >= 0.3 is 0 Å². The molecule has 1 atom stereocenters. The molecule has 0 amide bonds. The highest BCUT2D eigenvalue weighted by atomic mass is 35.5. The normalized spacial score (nSPS) is 11.9. The van der Waals surface area contributed by atoms with Crippen molar-refractivity contribution in [3.8, 4) is 0 Å². The van der Waals surface area contributed by atoms with E-state index in [0.29, 0.717) is 0 Å². The molecule has 0 bridgehead atoms. The van der Waals surface area contributed by atoms with Crippen LogP contribution in [0.25, 0.3) is 0 Å². The molecule has 0 aliphatic carbocycles. The van der Waals surface area contributed by atoms with Crippen LogP contribution in [-0.2, 0) is 6.42 Å². The van der Waals surface area contributed by atoms with Crippen LogP contribution in [0.3, 0.4) is 0 Å². The van der Waals surface area contributed by atoms with Crippen LogP contribution in [0, 0.1) is 0 Å². The standard InChI is InChI=1S/C10H15N.ClH/c1-3-9-6-4-5-7-10(9)8(2)11;/h4-8H,3,11H2,1-2H3;1H/t8-;/m0./s1. The van der Waals surface area contributed by atoms with E-state index in [1.165, 1.54) is 11.1 Å². The molecule has 0 radical (unpaired) electrons. The fraction of sp³-hybridized carbons (Fsp3) is 0.400. The Morgan fingerprint density at radius 2 is 1.92 bits per heavy atom. The van der Waals surface area contributed by atoms with Crippen LogP contribution in [0.15, 0.2) is 24.3 Å². The summed E-state index contributed by atoms with van der Waals surface area (Å²) in [6.07, 6.45) is 1.07. The third-order valence-corrected chi connectivity index (χ3v) is 1.93. The lowest BCUT2D eigenvalue weighted by atomic mass is 10.0. The van der Waals surface area contributed by atoms with Crippen LogP contribution in [0.5, 0.6) is 0 Å². The second kappa shape index (κ2) is 5.18. The quantitative estimate of drug-likeness (QED) is 0.754. The van der Waals surface area contributed by atoms with E-state index in [2.05, 4.69) is 25.1 Å². The van der Waals surface area contributed by atoms with Gasteiger partial charge < -0.3 is 5.73 Å². The second-order valence-corrected chi connectivity index (χ2v) is 2.84. The lowest BCUT2D eigenvalue weighted by molar-refractivity contribution is 0.801. The van der Waals surface area contributed by atoms with Crippen molar-refractivity contribution in [2.75, 3.05) is 0 Å². The SMILES string of the molecule is CCc1ccccc1[C@H](C)N.Cl. The predicted octanol–water partition coefficient (Wildman–Crippen LogP) is 2.69. The molecule has 0 aromatic heterocycles. The van der Waals surface area contributed by atoms with Gasteiger partial charge in [-0.25, -0.2) is 0 Å². The molecule has 0 fully saturated rings. The Balaban J connectivity index is 0.00000121. The molecule has 12 heavy (non-hydrogen) atoms. The molecule has 1 aromatic rings. The number of hydrogen-bond acceptors (Lipinski definition) is 1. The van der Waals surface area contributed by atoms with Crippen molar-refractivity contribution >= 4 is 12.4 Å². The Labute approximate surface area is 80.4 Å². The van der Waals surface area contributed by atoms with Gasteiger partial charge in [0.1, 0.15) is 0 Å². The highest BCUT2D eigenvalue weighted by Crippen LogP contribution is 2.15. The van der Waals surface area contributed by atoms with Crippen LogP contribution in [0.2, 0.25) is 0 Å². The molecule has 2 N–H and O–H groups in total. The molecule has 0 saturated heterocycles. The second-order valence-electron chi connectivity index (χ2n) is 2.84. The molecule has 2 heteroatoms. The lowest BCUT2D eigenvalue weighted by Crippen LogP contribution is -2.07. The number of halogens is 1. The molecule has 0 heterocycles. The number of rotatable bonds is 2.